The predicted octanol–water partition coefficient (Wildman–Crippen LogP) is 2.41. The molecule has 0 saturated carbocycles. The van der Waals surface area contributed by atoms with Crippen LogP contribution in [-0.4, -0.2) is 17.7 Å². The van der Waals surface area contributed by atoms with Crippen LogP contribution in [-0.2, 0) is 9.53 Å². The topological polar surface area (TPSA) is 76.7 Å². The van der Waals surface area contributed by atoms with E-state index in [0.717, 1.165) is 17.7 Å². The second kappa shape index (κ2) is 7.71. The fraction of sp³-hybridized carbons (Fsp3) is 0.143. The molecule has 1 aromatic carbocycles. The van der Waals surface area contributed by atoms with Gasteiger partial charge in [-0.3, -0.25) is 0 Å². The Morgan fingerprint density at radius 3 is 2.74 bits per heavy atom. The number of rotatable bonds is 3. The van der Waals surface area contributed by atoms with Crippen LogP contribution in [0.5, 0.6) is 0 Å². The van der Waals surface area contributed by atoms with Gasteiger partial charge in [0.2, 0.25) is 0 Å². The SMILES string of the molecule is CCOC=CC(=O)O.O=c1ccc2ccccc2o1. The van der Waals surface area contributed by atoms with Crippen molar-refractivity contribution in [2.75, 3.05) is 6.61 Å². The zero-order valence-electron chi connectivity index (χ0n) is 10.4. The van der Waals surface area contributed by atoms with Crippen LogP contribution in [0.4, 0.5) is 0 Å². The Bertz CT molecular complexity index is 612. The first-order chi connectivity index (χ1) is 9.13. The maximum atomic E-state index is 10.7. The highest BCUT2D eigenvalue weighted by molar-refractivity contribution is 5.79. The summed E-state index contributed by atoms with van der Waals surface area (Å²) in [4.78, 5) is 20.4. The Kier molecular flexibility index (Phi) is 5.88. The maximum Gasteiger partial charge on any atom is 0.336 e. The molecule has 19 heavy (non-hydrogen) atoms. The van der Waals surface area contributed by atoms with Crippen molar-refractivity contribution in [2.45, 2.75) is 6.92 Å². The van der Waals surface area contributed by atoms with Crippen molar-refractivity contribution in [3.05, 3.63) is 59.2 Å². The van der Waals surface area contributed by atoms with Gasteiger partial charge in [0, 0.05) is 11.5 Å². The lowest BCUT2D eigenvalue weighted by Crippen LogP contribution is -1.93. The molecule has 0 amide bonds. The van der Waals surface area contributed by atoms with Gasteiger partial charge in [-0.25, -0.2) is 9.59 Å². The average Bonchev–Trinajstić information content (AvgIpc) is 2.39. The van der Waals surface area contributed by atoms with E-state index in [0.29, 0.717) is 12.2 Å². The first-order valence-corrected chi connectivity index (χ1v) is 5.63. The first kappa shape index (κ1) is 14.5. The van der Waals surface area contributed by atoms with E-state index in [1.165, 1.54) is 6.07 Å². The molecule has 1 aromatic heterocycles. The maximum absolute atomic E-state index is 10.7. The van der Waals surface area contributed by atoms with E-state index < -0.39 is 5.97 Å². The number of ether oxygens (including phenoxy) is 1. The third kappa shape index (κ3) is 5.54. The molecule has 100 valence electrons. The second-order valence-corrected chi connectivity index (χ2v) is 3.39. The molecule has 5 nitrogen and oxygen atoms in total. The first-order valence-electron chi connectivity index (χ1n) is 5.63. The highest BCUT2D eigenvalue weighted by Gasteiger charge is 1.92. The summed E-state index contributed by atoms with van der Waals surface area (Å²) in [6.07, 6.45) is 2.10. The molecule has 0 aliphatic heterocycles. The zero-order chi connectivity index (χ0) is 14.1. The fourth-order valence-electron chi connectivity index (χ4n) is 1.21. The van der Waals surface area contributed by atoms with E-state index in [9.17, 15) is 9.59 Å². The predicted molar refractivity (Wildman–Crippen MR) is 70.9 cm³/mol. The summed E-state index contributed by atoms with van der Waals surface area (Å²) < 4.78 is 9.49. The molecule has 1 N–H and O–H groups in total. The van der Waals surface area contributed by atoms with Gasteiger partial charge in [-0.1, -0.05) is 18.2 Å². The second-order valence-electron chi connectivity index (χ2n) is 3.39. The van der Waals surface area contributed by atoms with Crippen LogP contribution in [0.2, 0.25) is 0 Å². The van der Waals surface area contributed by atoms with E-state index in [1.54, 1.807) is 19.1 Å². The van der Waals surface area contributed by atoms with Crippen LogP contribution in [0.15, 0.2) is 57.9 Å². The van der Waals surface area contributed by atoms with Crippen molar-refractivity contribution in [1.29, 1.82) is 0 Å². The normalized spacial score (nSPS) is 9.95. The molecule has 0 atom stereocenters. The van der Waals surface area contributed by atoms with Gasteiger partial charge in [0.05, 0.1) is 18.9 Å². The van der Waals surface area contributed by atoms with E-state index in [-0.39, 0.29) is 5.63 Å². The van der Waals surface area contributed by atoms with Gasteiger partial charge in [-0.2, -0.15) is 0 Å². The number of aliphatic carboxylic acids is 1. The fourth-order valence-corrected chi connectivity index (χ4v) is 1.21. The Balaban J connectivity index is 0.000000203. The molecular weight excluding hydrogens is 248 g/mol. The molecule has 0 fully saturated rings. The minimum absolute atomic E-state index is 0.302. The van der Waals surface area contributed by atoms with E-state index in [4.69, 9.17) is 9.52 Å². The Morgan fingerprint density at radius 2 is 2.05 bits per heavy atom. The Morgan fingerprint density at radius 1 is 1.32 bits per heavy atom. The molecule has 1 heterocycles. The number of hydrogen-bond acceptors (Lipinski definition) is 4. The summed E-state index contributed by atoms with van der Waals surface area (Å²) in [5, 5.41) is 8.92. The summed E-state index contributed by atoms with van der Waals surface area (Å²) in [6, 6.07) is 10.6. The summed E-state index contributed by atoms with van der Waals surface area (Å²) in [7, 11) is 0. The number of fused-ring (bicyclic) bond motifs is 1. The zero-order valence-corrected chi connectivity index (χ0v) is 10.4. The van der Waals surface area contributed by atoms with Gasteiger partial charge in [-0.15, -0.1) is 0 Å². The lowest BCUT2D eigenvalue weighted by molar-refractivity contribution is -0.131. The summed E-state index contributed by atoms with van der Waals surface area (Å²) in [5.41, 5.74) is 0.337. The van der Waals surface area contributed by atoms with Crippen LogP contribution in [0, 0.1) is 0 Å². The number of carboxylic acid groups (broad SMARTS) is 1. The molecular formula is C14H14O5. The summed E-state index contributed by atoms with van der Waals surface area (Å²) in [5.74, 6) is -0.988. The van der Waals surface area contributed by atoms with Gasteiger partial charge >= 0.3 is 11.6 Å². The molecule has 0 unspecified atom stereocenters. The largest absolute Gasteiger partial charge is 0.501 e. The molecule has 0 aliphatic carbocycles. The van der Waals surface area contributed by atoms with Gasteiger partial charge in [0.25, 0.3) is 0 Å². The molecule has 0 spiro atoms. The number of hydrogen-bond donors (Lipinski definition) is 1. The molecule has 0 aliphatic rings. The number of benzene rings is 1. The van der Waals surface area contributed by atoms with Crippen LogP contribution >= 0.6 is 0 Å². The Hall–Kier alpha value is -2.56. The van der Waals surface area contributed by atoms with Crippen molar-refractivity contribution in [3.63, 3.8) is 0 Å². The van der Waals surface area contributed by atoms with Crippen LogP contribution in [0.3, 0.4) is 0 Å². The number of para-hydroxylation sites is 1. The van der Waals surface area contributed by atoms with Crippen molar-refractivity contribution >= 4 is 16.9 Å². The van der Waals surface area contributed by atoms with Crippen LogP contribution < -0.4 is 5.63 Å². The smallest absolute Gasteiger partial charge is 0.336 e. The van der Waals surface area contributed by atoms with Gasteiger partial charge in [0.15, 0.2) is 0 Å². The van der Waals surface area contributed by atoms with E-state index in [1.807, 2.05) is 18.2 Å². The van der Waals surface area contributed by atoms with E-state index >= 15 is 0 Å². The quantitative estimate of drug-likeness (QED) is 0.522. The standard InChI is InChI=1S/C9H6O2.C5H8O3/c10-9-6-5-7-3-1-2-4-8(7)11-9;1-2-8-4-3-5(6)7/h1-6H;3-4H,2H2,1H3,(H,6,7). The van der Waals surface area contributed by atoms with Crippen LogP contribution in [0.25, 0.3) is 11.0 Å². The lowest BCUT2D eigenvalue weighted by atomic mass is 10.2. The van der Waals surface area contributed by atoms with Gasteiger partial charge < -0.3 is 14.3 Å². The van der Waals surface area contributed by atoms with Crippen LogP contribution in [0.1, 0.15) is 6.92 Å². The molecule has 5 heteroatoms. The van der Waals surface area contributed by atoms with E-state index in [2.05, 4.69) is 4.74 Å². The van der Waals surface area contributed by atoms with Crippen molar-refractivity contribution in [3.8, 4) is 0 Å². The monoisotopic (exact) mass is 262 g/mol. The summed E-state index contributed by atoms with van der Waals surface area (Å²) >= 11 is 0. The molecule has 2 rings (SSSR count). The van der Waals surface area contributed by atoms with Gasteiger partial charge in [-0.05, 0) is 19.1 Å². The van der Waals surface area contributed by atoms with Crippen molar-refractivity contribution in [1.82, 2.24) is 0 Å². The highest BCUT2D eigenvalue weighted by Crippen LogP contribution is 2.08. The van der Waals surface area contributed by atoms with Crippen molar-refractivity contribution in [2.24, 2.45) is 0 Å². The molecule has 0 bridgehead atoms. The third-order valence-corrected chi connectivity index (χ3v) is 2.00. The van der Waals surface area contributed by atoms with Crippen molar-refractivity contribution < 1.29 is 19.1 Å². The summed E-state index contributed by atoms with van der Waals surface area (Å²) in [6.45, 7) is 2.29. The average molecular weight is 262 g/mol. The number of carbonyl (C=O) groups is 1. The lowest BCUT2D eigenvalue weighted by Gasteiger charge is -1.91. The Labute approximate surface area is 109 Å². The third-order valence-electron chi connectivity index (χ3n) is 2.00. The molecule has 2 aromatic rings. The molecule has 0 radical (unpaired) electrons. The minimum Gasteiger partial charge on any atom is -0.501 e. The molecule has 0 saturated heterocycles. The van der Waals surface area contributed by atoms with Gasteiger partial charge in [0.1, 0.15) is 5.58 Å². The minimum atomic E-state index is -0.988. The number of carboxylic acids is 1. The highest BCUT2D eigenvalue weighted by atomic mass is 16.5.